The van der Waals surface area contributed by atoms with E-state index in [2.05, 4.69) is 20.5 Å². The number of hydrogen-bond donors (Lipinski definition) is 4. The fourth-order valence-electron chi connectivity index (χ4n) is 3.79. The number of aromatic hydroxyl groups is 1. The van der Waals surface area contributed by atoms with E-state index in [1.165, 1.54) is 13.8 Å². The molecule has 4 N–H and O–H groups in total. The number of phenols is 1. The van der Waals surface area contributed by atoms with Crippen LogP contribution in [-0.4, -0.2) is 53.6 Å². The first kappa shape index (κ1) is 33.8. The first-order valence-electron chi connectivity index (χ1n) is 12.8. The number of rotatable bonds is 14. The minimum Gasteiger partial charge on any atom is -0.508 e. The molecule has 1 aromatic carbocycles. The largest absolute Gasteiger partial charge is 0.508 e. The number of halogens is 3. The molecule has 14 heteroatoms. The van der Waals surface area contributed by atoms with Crippen molar-refractivity contribution in [2.24, 2.45) is 0 Å². The van der Waals surface area contributed by atoms with Crippen LogP contribution in [-0.2, 0) is 30.0 Å². The lowest BCUT2D eigenvalue weighted by Gasteiger charge is -2.27. The Kier molecular flexibility index (Phi) is 12.7. The van der Waals surface area contributed by atoms with Gasteiger partial charge in [0, 0.05) is 12.0 Å². The average molecular weight is 621 g/mol. The molecule has 222 valence electrons. The number of phenolic OH excluding ortho intramolecular Hbond substituents is 1. The maximum absolute atomic E-state index is 14.8. The zero-order valence-corrected chi connectivity index (χ0v) is 25.7. The van der Waals surface area contributed by atoms with Crippen LogP contribution < -0.4 is 15.5 Å². The van der Waals surface area contributed by atoms with Crippen molar-refractivity contribution < 1.29 is 33.1 Å². The van der Waals surface area contributed by atoms with Gasteiger partial charge in [0.1, 0.15) is 28.7 Å². The van der Waals surface area contributed by atoms with Crippen molar-refractivity contribution in [2.45, 2.75) is 66.0 Å². The molecule has 0 fully saturated rings. The number of carbonyl (C=O) groups is 2. The van der Waals surface area contributed by atoms with Crippen molar-refractivity contribution in [3.63, 3.8) is 0 Å². The van der Waals surface area contributed by atoms with Crippen molar-refractivity contribution in [3.05, 3.63) is 50.9 Å². The number of ether oxygens (including phenoxy) is 2. The minimum absolute atomic E-state index is 0.00555. The summed E-state index contributed by atoms with van der Waals surface area (Å²) in [4.78, 5) is 28.2. The molecule has 0 aliphatic heterocycles. The van der Waals surface area contributed by atoms with Gasteiger partial charge < -0.3 is 19.9 Å². The molecule has 0 radical (unpaired) electrons. The van der Waals surface area contributed by atoms with E-state index in [9.17, 15) is 23.7 Å². The summed E-state index contributed by atoms with van der Waals surface area (Å²) in [5.74, 6) is -2.26. The summed E-state index contributed by atoms with van der Waals surface area (Å²) in [6.07, 6.45) is -0.301. The lowest BCUT2D eigenvalue weighted by molar-refractivity contribution is -0.145. The third kappa shape index (κ3) is 9.04. The van der Waals surface area contributed by atoms with Gasteiger partial charge in [-0.15, -0.1) is 0 Å². The van der Waals surface area contributed by atoms with Crippen molar-refractivity contribution in [1.82, 2.24) is 15.2 Å². The summed E-state index contributed by atoms with van der Waals surface area (Å²) in [6.45, 7) is 10.3. The number of benzene rings is 1. The van der Waals surface area contributed by atoms with E-state index in [0.717, 1.165) is 5.56 Å². The van der Waals surface area contributed by atoms with Crippen LogP contribution in [0.1, 0.15) is 64.2 Å². The molecule has 0 saturated heterocycles. The van der Waals surface area contributed by atoms with Gasteiger partial charge >= 0.3 is 11.9 Å². The van der Waals surface area contributed by atoms with E-state index in [0.29, 0.717) is 5.56 Å². The molecule has 0 unspecified atom stereocenters. The van der Waals surface area contributed by atoms with Crippen LogP contribution in [0.2, 0.25) is 10.0 Å². The van der Waals surface area contributed by atoms with Gasteiger partial charge in [0.15, 0.2) is 0 Å². The van der Waals surface area contributed by atoms with Gasteiger partial charge in [-0.2, -0.15) is 9.37 Å². The highest BCUT2D eigenvalue weighted by atomic mass is 35.5. The summed E-state index contributed by atoms with van der Waals surface area (Å²) < 4.78 is 38.7. The molecule has 0 aliphatic carbocycles. The van der Waals surface area contributed by atoms with Crippen molar-refractivity contribution in [3.8, 4) is 5.75 Å². The van der Waals surface area contributed by atoms with Gasteiger partial charge in [-0.25, -0.2) is 10.2 Å². The van der Waals surface area contributed by atoms with Crippen molar-refractivity contribution in [1.29, 1.82) is 0 Å². The molecule has 0 bridgehead atoms. The van der Waals surface area contributed by atoms with Crippen LogP contribution in [0.25, 0.3) is 0 Å². The van der Waals surface area contributed by atoms with Crippen LogP contribution in [0.5, 0.6) is 5.75 Å². The van der Waals surface area contributed by atoms with Gasteiger partial charge in [0.2, 0.25) is 13.4 Å². The molecule has 0 amide bonds. The number of anilines is 1. The molecule has 2 atom stereocenters. The normalized spacial score (nSPS) is 13.2. The Bertz CT molecular complexity index is 1240. The highest BCUT2D eigenvalue weighted by Gasteiger charge is 2.32. The second-order valence-electron chi connectivity index (χ2n) is 9.36. The standard InChI is InChI=1S/C26H36Cl2FN4O6P/c1-7-38-25(35)15(5)32-40(37,33-16(6)26(36)39-8-2)13-30-24-22(28)19(21(27)23(29)31-24)12-17-9-10-20(34)18(11-17)14(3)4/h9-11,14-16,34H,7-8,12-13H2,1-6H3,(H,30,31)(H2,32,33,37)/t15-,16-/m0/s1. The number of hydrogen-bond acceptors (Lipinski definition) is 8. The van der Waals surface area contributed by atoms with Gasteiger partial charge in [-0.3, -0.25) is 14.2 Å². The van der Waals surface area contributed by atoms with E-state index in [4.69, 9.17) is 32.7 Å². The van der Waals surface area contributed by atoms with Crippen LogP contribution in [0.4, 0.5) is 10.2 Å². The monoisotopic (exact) mass is 620 g/mol. The van der Waals surface area contributed by atoms with E-state index >= 15 is 0 Å². The summed E-state index contributed by atoms with van der Waals surface area (Å²) in [5.41, 5.74) is 1.67. The third-order valence-electron chi connectivity index (χ3n) is 5.78. The number of nitrogens with one attached hydrogen (secondary N) is 3. The second kappa shape index (κ2) is 15.0. The quantitative estimate of drug-likeness (QED) is 0.120. The van der Waals surface area contributed by atoms with E-state index in [1.54, 1.807) is 32.0 Å². The smallest absolute Gasteiger partial charge is 0.323 e. The van der Waals surface area contributed by atoms with Gasteiger partial charge in [0.25, 0.3) is 0 Å². The molecule has 2 rings (SSSR count). The summed E-state index contributed by atoms with van der Waals surface area (Å²) in [6, 6.07) is 2.98. The molecule has 0 spiro atoms. The minimum atomic E-state index is -3.80. The molecular formula is C26H36Cl2FN4O6P. The Morgan fingerprint density at radius 2 is 1.57 bits per heavy atom. The number of carbonyl (C=O) groups excluding carboxylic acids is 2. The Balaban J connectivity index is 2.38. The van der Waals surface area contributed by atoms with E-state index in [-0.39, 0.29) is 52.7 Å². The molecule has 1 aromatic heterocycles. The molecule has 1 heterocycles. The number of aromatic nitrogens is 1. The van der Waals surface area contributed by atoms with Crippen LogP contribution in [0, 0.1) is 5.95 Å². The molecule has 2 aromatic rings. The third-order valence-corrected chi connectivity index (χ3v) is 8.78. The van der Waals surface area contributed by atoms with Crippen molar-refractivity contribution >= 4 is 48.4 Å². The van der Waals surface area contributed by atoms with Crippen molar-refractivity contribution in [2.75, 3.05) is 24.8 Å². The van der Waals surface area contributed by atoms with Gasteiger partial charge in [-0.1, -0.05) is 49.2 Å². The van der Waals surface area contributed by atoms with E-state index < -0.39 is 43.7 Å². The zero-order chi connectivity index (χ0) is 30.2. The molecule has 0 saturated carbocycles. The number of pyridine rings is 1. The zero-order valence-electron chi connectivity index (χ0n) is 23.3. The molecule has 0 aliphatic rings. The summed E-state index contributed by atoms with van der Waals surface area (Å²) in [5, 5.41) is 18.0. The highest BCUT2D eigenvalue weighted by Crippen LogP contribution is 2.40. The topological polar surface area (TPSA) is 139 Å². The lowest BCUT2D eigenvalue weighted by atomic mass is 9.97. The fraction of sp³-hybridized carbons (Fsp3) is 0.500. The van der Waals surface area contributed by atoms with Gasteiger partial charge in [-0.05, 0) is 50.8 Å². The Morgan fingerprint density at radius 1 is 1.02 bits per heavy atom. The molecule has 10 nitrogen and oxygen atoms in total. The SMILES string of the molecule is CCOC(=O)[C@H](C)NP(=O)(CNc1nc(F)c(Cl)c(Cc2ccc(O)c(C(C)C)c2)c1Cl)N[C@@H](C)C(=O)OCC. The maximum Gasteiger partial charge on any atom is 0.323 e. The maximum atomic E-state index is 14.8. The predicted molar refractivity (Wildman–Crippen MR) is 154 cm³/mol. The second-order valence-corrected chi connectivity index (χ2v) is 12.4. The highest BCUT2D eigenvalue weighted by molar-refractivity contribution is 7.60. The number of nitrogens with zero attached hydrogens (tertiary/aromatic N) is 1. The summed E-state index contributed by atoms with van der Waals surface area (Å²) >= 11 is 12.8. The number of esters is 2. The van der Waals surface area contributed by atoms with Crippen LogP contribution >= 0.6 is 30.6 Å². The molecular weight excluding hydrogens is 585 g/mol. The fourth-order valence-corrected chi connectivity index (χ4v) is 6.41. The Hall–Kier alpha value is -2.43. The predicted octanol–water partition coefficient (Wildman–Crippen LogP) is 5.59. The molecule has 40 heavy (non-hydrogen) atoms. The summed E-state index contributed by atoms with van der Waals surface area (Å²) in [7, 11) is -3.80. The van der Waals surface area contributed by atoms with Crippen LogP contribution in [0.3, 0.4) is 0 Å². The Labute approximate surface area is 243 Å². The first-order chi connectivity index (χ1) is 18.7. The Morgan fingerprint density at radius 3 is 2.08 bits per heavy atom. The average Bonchev–Trinajstić information content (AvgIpc) is 2.88. The van der Waals surface area contributed by atoms with Crippen LogP contribution in [0.15, 0.2) is 18.2 Å². The van der Waals surface area contributed by atoms with E-state index in [1.807, 2.05) is 13.8 Å². The van der Waals surface area contributed by atoms with Gasteiger partial charge in [0.05, 0.1) is 24.5 Å². The lowest BCUT2D eigenvalue weighted by Crippen LogP contribution is -2.43. The first-order valence-corrected chi connectivity index (χ1v) is 15.4.